The van der Waals surface area contributed by atoms with Crippen molar-refractivity contribution in [2.45, 2.75) is 18.4 Å². The fraction of sp³-hybridized carbons (Fsp3) is 0.571. The zero-order chi connectivity index (χ0) is 11.7. The van der Waals surface area contributed by atoms with Crippen LogP contribution in [-0.2, 0) is 0 Å². The molecular weight excluding hydrogens is 212 g/mol. The van der Waals surface area contributed by atoms with Gasteiger partial charge in [-0.05, 0) is 25.1 Å². The summed E-state index contributed by atoms with van der Waals surface area (Å²) in [5, 5.41) is 3.33. The number of ether oxygens (including phenoxy) is 1. The van der Waals surface area contributed by atoms with E-state index in [0.29, 0.717) is 5.92 Å². The fourth-order valence-electron chi connectivity index (χ4n) is 2.69. The van der Waals surface area contributed by atoms with Crippen LogP contribution >= 0.6 is 0 Å². The molecule has 0 bridgehead atoms. The van der Waals surface area contributed by atoms with Crippen molar-refractivity contribution < 1.29 is 4.74 Å². The zero-order valence-corrected chi connectivity index (χ0v) is 10.4. The molecule has 1 atom stereocenters. The van der Waals surface area contributed by atoms with Gasteiger partial charge in [0, 0.05) is 31.6 Å². The topological polar surface area (TPSA) is 24.5 Å². The van der Waals surface area contributed by atoms with Crippen LogP contribution in [0.3, 0.4) is 0 Å². The number of rotatable bonds is 3. The van der Waals surface area contributed by atoms with E-state index < -0.39 is 0 Å². The van der Waals surface area contributed by atoms with Gasteiger partial charge in [0.05, 0.1) is 6.61 Å². The number of nitrogens with zero attached hydrogens (tertiary/aromatic N) is 1. The Hall–Kier alpha value is -1.06. The van der Waals surface area contributed by atoms with E-state index in [1.54, 1.807) is 0 Å². The minimum Gasteiger partial charge on any atom is -0.493 e. The van der Waals surface area contributed by atoms with Gasteiger partial charge in [0.15, 0.2) is 0 Å². The van der Waals surface area contributed by atoms with Crippen LogP contribution in [0.1, 0.15) is 17.9 Å². The molecule has 2 aliphatic rings. The normalized spacial score (nSPS) is 24.0. The predicted octanol–water partition coefficient (Wildman–Crippen LogP) is 1.46. The van der Waals surface area contributed by atoms with Crippen molar-refractivity contribution in [2.75, 3.05) is 33.3 Å². The molecule has 2 heterocycles. The summed E-state index contributed by atoms with van der Waals surface area (Å²) in [7, 11) is 2.24. The Morgan fingerprint density at radius 2 is 2.18 bits per heavy atom. The molecule has 0 amide bonds. The highest BCUT2D eigenvalue weighted by Crippen LogP contribution is 2.33. The minimum atomic E-state index is 0.630. The molecule has 1 unspecified atom stereocenters. The maximum Gasteiger partial charge on any atom is 0.122 e. The lowest BCUT2D eigenvalue weighted by Crippen LogP contribution is -2.56. The van der Waals surface area contributed by atoms with Crippen LogP contribution < -0.4 is 10.1 Å². The Bertz CT molecular complexity index is 390. The molecule has 0 radical (unpaired) electrons. The Labute approximate surface area is 103 Å². The highest BCUT2D eigenvalue weighted by atomic mass is 16.5. The van der Waals surface area contributed by atoms with Crippen LogP contribution in [-0.4, -0.2) is 44.2 Å². The summed E-state index contributed by atoms with van der Waals surface area (Å²) in [6.45, 7) is 4.29. The predicted molar refractivity (Wildman–Crippen MR) is 68.6 cm³/mol. The maximum absolute atomic E-state index is 5.71. The molecule has 0 aliphatic carbocycles. The maximum atomic E-state index is 5.71. The van der Waals surface area contributed by atoms with Crippen molar-refractivity contribution in [3.05, 3.63) is 29.8 Å². The first-order valence-corrected chi connectivity index (χ1v) is 6.47. The first-order valence-electron chi connectivity index (χ1n) is 6.47. The van der Waals surface area contributed by atoms with E-state index in [1.165, 1.54) is 5.56 Å². The molecule has 3 nitrogen and oxygen atoms in total. The largest absolute Gasteiger partial charge is 0.493 e. The second-order valence-corrected chi connectivity index (χ2v) is 5.12. The number of nitrogens with one attached hydrogen (secondary N) is 1. The molecule has 17 heavy (non-hydrogen) atoms. The van der Waals surface area contributed by atoms with Gasteiger partial charge >= 0.3 is 0 Å². The molecule has 0 saturated carbocycles. The molecule has 0 aromatic heterocycles. The Morgan fingerprint density at radius 3 is 2.94 bits per heavy atom. The van der Waals surface area contributed by atoms with E-state index in [9.17, 15) is 0 Å². The Kier molecular flexibility index (Phi) is 3.04. The monoisotopic (exact) mass is 232 g/mol. The lowest BCUT2D eigenvalue weighted by Gasteiger charge is -2.38. The SMILES string of the molecule is CN(CC1CCOc2ccccc21)C1CNC1. The third-order valence-electron chi connectivity index (χ3n) is 3.97. The number of para-hydroxylation sites is 1. The fourth-order valence-corrected chi connectivity index (χ4v) is 2.69. The third kappa shape index (κ3) is 2.17. The summed E-state index contributed by atoms with van der Waals surface area (Å²) in [6.07, 6.45) is 1.14. The van der Waals surface area contributed by atoms with Crippen LogP contribution in [0.4, 0.5) is 0 Å². The highest BCUT2D eigenvalue weighted by molar-refractivity contribution is 5.37. The Morgan fingerprint density at radius 1 is 1.35 bits per heavy atom. The number of hydrogen-bond donors (Lipinski definition) is 1. The van der Waals surface area contributed by atoms with Gasteiger partial charge in [-0.1, -0.05) is 18.2 Å². The first-order chi connectivity index (χ1) is 8.34. The first kappa shape index (κ1) is 11.1. The second-order valence-electron chi connectivity index (χ2n) is 5.12. The molecule has 92 valence electrons. The average molecular weight is 232 g/mol. The summed E-state index contributed by atoms with van der Waals surface area (Å²) in [6, 6.07) is 9.20. The standard InChI is InChI=1S/C14H20N2O/c1-16(12-8-15-9-12)10-11-6-7-17-14-5-3-2-4-13(11)14/h2-5,11-12,15H,6-10H2,1H3. The molecule has 0 spiro atoms. The van der Waals surface area contributed by atoms with Crippen LogP contribution in [0.2, 0.25) is 0 Å². The van der Waals surface area contributed by atoms with Gasteiger partial charge in [-0.15, -0.1) is 0 Å². The van der Waals surface area contributed by atoms with Crippen LogP contribution in [0.15, 0.2) is 24.3 Å². The van der Waals surface area contributed by atoms with Gasteiger partial charge in [-0.2, -0.15) is 0 Å². The van der Waals surface area contributed by atoms with Crippen LogP contribution in [0, 0.1) is 0 Å². The lowest BCUT2D eigenvalue weighted by atomic mass is 9.92. The van der Waals surface area contributed by atoms with Crippen molar-refractivity contribution in [2.24, 2.45) is 0 Å². The molecule has 2 aliphatic heterocycles. The summed E-state index contributed by atoms with van der Waals surface area (Å²) < 4.78 is 5.71. The van der Waals surface area contributed by atoms with Gasteiger partial charge < -0.3 is 15.0 Å². The van der Waals surface area contributed by atoms with Crippen molar-refractivity contribution >= 4 is 0 Å². The molecular formula is C14H20N2O. The molecule has 1 aromatic rings. The van der Waals surface area contributed by atoms with Crippen LogP contribution in [0.25, 0.3) is 0 Å². The highest BCUT2D eigenvalue weighted by Gasteiger charge is 2.27. The van der Waals surface area contributed by atoms with Crippen molar-refractivity contribution in [1.29, 1.82) is 0 Å². The molecule has 1 saturated heterocycles. The number of likely N-dealkylation sites (N-methyl/N-ethyl adjacent to an activating group) is 1. The van der Waals surface area contributed by atoms with Crippen molar-refractivity contribution in [1.82, 2.24) is 10.2 Å². The van der Waals surface area contributed by atoms with E-state index in [4.69, 9.17) is 4.74 Å². The van der Waals surface area contributed by atoms with E-state index in [1.807, 2.05) is 0 Å². The van der Waals surface area contributed by atoms with Gasteiger partial charge in [-0.25, -0.2) is 0 Å². The summed E-state index contributed by atoms with van der Waals surface area (Å²) in [4.78, 5) is 2.49. The number of benzene rings is 1. The van der Waals surface area contributed by atoms with Gasteiger partial charge in [0.2, 0.25) is 0 Å². The third-order valence-corrected chi connectivity index (χ3v) is 3.97. The van der Waals surface area contributed by atoms with E-state index in [0.717, 1.165) is 44.5 Å². The van der Waals surface area contributed by atoms with Crippen molar-refractivity contribution in [3.63, 3.8) is 0 Å². The summed E-state index contributed by atoms with van der Waals surface area (Å²) in [5.41, 5.74) is 1.39. The van der Waals surface area contributed by atoms with Crippen LogP contribution in [0.5, 0.6) is 5.75 Å². The lowest BCUT2D eigenvalue weighted by molar-refractivity contribution is 0.156. The molecule has 1 aromatic carbocycles. The van der Waals surface area contributed by atoms with Gasteiger partial charge in [0.25, 0.3) is 0 Å². The second kappa shape index (κ2) is 4.67. The zero-order valence-electron chi connectivity index (χ0n) is 10.4. The smallest absolute Gasteiger partial charge is 0.122 e. The summed E-state index contributed by atoms with van der Waals surface area (Å²) >= 11 is 0. The van der Waals surface area contributed by atoms with E-state index in [-0.39, 0.29) is 0 Å². The van der Waals surface area contributed by atoms with Gasteiger partial charge in [0.1, 0.15) is 5.75 Å². The number of hydrogen-bond acceptors (Lipinski definition) is 3. The summed E-state index contributed by atoms with van der Waals surface area (Å²) in [5.74, 6) is 1.72. The molecule has 3 rings (SSSR count). The van der Waals surface area contributed by atoms with E-state index in [2.05, 4.69) is 41.5 Å². The van der Waals surface area contributed by atoms with E-state index >= 15 is 0 Å². The quantitative estimate of drug-likeness (QED) is 0.854. The Balaban J connectivity index is 1.71. The van der Waals surface area contributed by atoms with Gasteiger partial charge in [-0.3, -0.25) is 0 Å². The minimum absolute atomic E-state index is 0.630. The molecule has 1 N–H and O–H groups in total. The average Bonchev–Trinajstić information content (AvgIpc) is 2.27. The number of fused-ring (bicyclic) bond motifs is 1. The molecule has 3 heteroatoms. The molecule has 1 fully saturated rings. The van der Waals surface area contributed by atoms with Crippen molar-refractivity contribution in [3.8, 4) is 5.75 Å².